The average Bonchev–Trinajstić information content (AvgIpc) is 2.56. The average molecular weight is 330 g/mol. The Morgan fingerprint density at radius 3 is 2.04 bits per heavy atom. The van der Waals surface area contributed by atoms with E-state index >= 15 is 0 Å². The molecule has 0 atom stereocenters. The Balaban J connectivity index is 1.87. The number of hydrogen-bond acceptors (Lipinski definition) is 0. The van der Waals surface area contributed by atoms with Crippen molar-refractivity contribution >= 4 is 10.2 Å². The third-order valence-electron chi connectivity index (χ3n) is 5.30. The summed E-state index contributed by atoms with van der Waals surface area (Å²) < 4.78 is 29.1. The fraction of sp³-hybridized carbons (Fsp3) is 0.400. The van der Waals surface area contributed by atoms with Crippen LogP contribution in [-0.2, 0) is 0 Å². The summed E-state index contributed by atoms with van der Waals surface area (Å²) in [5.74, 6) is 0.290. The summed E-state index contributed by atoms with van der Waals surface area (Å²) in [6, 6.07) is 11.8. The zero-order valence-electron chi connectivity index (χ0n) is 13.9. The van der Waals surface area contributed by atoms with Crippen molar-refractivity contribution in [2.75, 3.05) is 0 Å². The van der Waals surface area contributed by atoms with Gasteiger partial charge in [0, 0.05) is 10.2 Å². The molecule has 0 spiro atoms. The molecule has 1 aliphatic rings. The topological polar surface area (TPSA) is 0 Å². The van der Waals surface area contributed by atoms with Gasteiger partial charge in [-0.05, 0) is 54.9 Å². The van der Waals surface area contributed by atoms with Gasteiger partial charge >= 0.3 is 0 Å². The first-order valence-corrected chi connectivity index (χ1v) is 10.1. The Bertz CT molecular complexity index is 648. The lowest BCUT2D eigenvalue weighted by Gasteiger charge is -2.28. The molecule has 1 aliphatic carbocycles. The van der Waals surface area contributed by atoms with Crippen LogP contribution in [0.5, 0.6) is 0 Å². The van der Waals surface area contributed by atoms with Gasteiger partial charge in [0.05, 0.1) is 5.56 Å². The Morgan fingerprint density at radius 1 is 0.957 bits per heavy atom. The lowest BCUT2D eigenvalue weighted by Crippen LogP contribution is -2.13. The normalized spacial score (nSPS) is 21.5. The molecule has 0 bridgehead atoms. The zero-order valence-corrected chi connectivity index (χ0v) is 15.9. The van der Waals surface area contributed by atoms with Crippen LogP contribution in [0.2, 0.25) is 6.04 Å². The number of hydrogen-bond donors (Lipinski definition) is 0. The molecule has 0 saturated heterocycles. The second kappa shape index (κ2) is 6.96. The summed E-state index contributed by atoms with van der Waals surface area (Å²) in [6.45, 7) is 1.97. The SMILES string of the molecule is Cc1ccc(-c2c(F)cc(C3CCC(C[SiH3])CC3)cc2F)cc1. The van der Waals surface area contributed by atoms with Crippen molar-refractivity contribution in [3.8, 4) is 11.1 Å². The van der Waals surface area contributed by atoms with Crippen molar-refractivity contribution in [1.29, 1.82) is 0 Å². The molecule has 0 aromatic heterocycles. The van der Waals surface area contributed by atoms with Gasteiger partial charge in [-0.2, -0.15) is 0 Å². The van der Waals surface area contributed by atoms with Gasteiger partial charge in [0.2, 0.25) is 0 Å². The van der Waals surface area contributed by atoms with Crippen molar-refractivity contribution in [2.24, 2.45) is 5.92 Å². The standard InChI is InChI=1S/C20H24F2Si/c1-13-2-6-16(7-3-13)20-18(21)10-17(11-19(20)22)15-8-4-14(12-23)5-9-15/h2-3,6-7,10-11,14-15H,4-5,8-9,12H2,1,23H3. The predicted octanol–water partition coefficient (Wildman–Crippen LogP) is 5.00. The minimum atomic E-state index is -0.436. The molecular formula is C20H24F2Si. The Kier molecular flexibility index (Phi) is 4.95. The van der Waals surface area contributed by atoms with Crippen molar-refractivity contribution < 1.29 is 8.78 Å². The quantitative estimate of drug-likeness (QED) is 0.695. The van der Waals surface area contributed by atoms with E-state index < -0.39 is 11.6 Å². The van der Waals surface area contributed by atoms with Crippen LogP contribution in [0.25, 0.3) is 11.1 Å². The highest BCUT2D eigenvalue weighted by Crippen LogP contribution is 2.38. The minimum absolute atomic E-state index is 0.0991. The van der Waals surface area contributed by atoms with Gasteiger partial charge in [-0.1, -0.05) is 48.7 Å². The fourth-order valence-electron chi connectivity index (χ4n) is 3.73. The van der Waals surface area contributed by atoms with E-state index in [1.165, 1.54) is 29.1 Å². The molecule has 0 N–H and O–H groups in total. The van der Waals surface area contributed by atoms with Crippen LogP contribution < -0.4 is 0 Å². The lowest BCUT2D eigenvalue weighted by molar-refractivity contribution is 0.347. The maximum absolute atomic E-state index is 14.6. The van der Waals surface area contributed by atoms with Gasteiger partial charge in [-0.25, -0.2) is 8.78 Å². The second-order valence-electron chi connectivity index (χ2n) is 6.85. The highest BCUT2D eigenvalue weighted by Gasteiger charge is 2.23. The molecule has 3 heteroatoms. The second-order valence-corrected chi connectivity index (χ2v) is 7.67. The summed E-state index contributed by atoms with van der Waals surface area (Å²) in [5.41, 5.74) is 2.63. The van der Waals surface area contributed by atoms with Crippen molar-refractivity contribution in [2.45, 2.75) is 44.6 Å². The van der Waals surface area contributed by atoms with Gasteiger partial charge < -0.3 is 0 Å². The number of rotatable bonds is 3. The first kappa shape index (κ1) is 16.4. The molecule has 0 unspecified atom stereocenters. The van der Waals surface area contributed by atoms with Gasteiger partial charge in [-0.3, -0.25) is 0 Å². The van der Waals surface area contributed by atoms with Crippen LogP contribution in [0.1, 0.15) is 42.7 Å². The van der Waals surface area contributed by atoms with E-state index in [9.17, 15) is 8.78 Å². The van der Waals surface area contributed by atoms with Crippen LogP contribution in [0.3, 0.4) is 0 Å². The molecule has 1 saturated carbocycles. The van der Waals surface area contributed by atoms with E-state index in [-0.39, 0.29) is 5.56 Å². The highest BCUT2D eigenvalue weighted by atomic mass is 28.1. The van der Waals surface area contributed by atoms with Crippen molar-refractivity contribution in [1.82, 2.24) is 0 Å². The molecule has 122 valence electrons. The van der Waals surface area contributed by atoms with Crippen LogP contribution in [0.15, 0.2) is 36.4 Å². The summed E-state index contributed by atoms with van der Waals surface area (Å²) >= 11 is 0. The molecular weight excluding hydrogens is 306 g/mol. The molecule has 23 heavy (non-hydrogen) atoms. The molecule has 2 aromatic rings. The fourth-order valence-corrected chi connectivity index (χ4v) is 4.54. The van der Waals surface area contributed by atoms with E-state index in [2.05, 4.69) is 0 Å². The monoisotopic (exact) mass is 330 g/mol. The van der Waals surface area contributed by atoms with E-state index in [4.69, 9.17) is 0 Å². The minimum Gasteiger partial charge on any atom is -0.206 e. The Hall–Kier alpha value is -1.48. The highest BCUT2D eigenvalue weighted by molar-refractivity contribution is 6.08. The molecule has 0 radical (unpaired) electrons. The molecule has 0 aliphatic heterocycles. The third kappa shape index (κ3) is 3.55. The van der Waals surface area contributed by atoms with Crippen LogP contribution in [0, 0.1) is 24.5 Å². The smallest absolute Gasteiger partial charge is 0.134 e. The predicted molar refractivity (Wildman–Crippen MR) is 96.0 cm³/mol. The maximum atomic E-state index is 14.6. The Labute approximate surface area is 140 Å². The van der Waals surface area contributed by atoms with E-state index in [1.807, 2.05) is 19.1 Å². The summed E-state index contributed by atoms with van der Waals surface area (Å²) in [6.07, 6.45) is 4.54. The van der Waals surface area contributed by atoms with E-state index in [0.29, 0.717) is 11.5 Å². The van der Waals surface area contributed by atoms with Gasteiger partial charge in [-0.15, -0.1) is 0 Å². The number of aryl methyl sites for hydroxylation is 1. The molecule has 3 rings (SSSR count). The summed E-state index contributed by atoms with van der Waals surface area (Å²) in [5, 5.41) is 0. The van der Waals surface area contributed by atoms with Crippen LogP contribution in [0.4, 0.5) is 8.78 Å². The Morgan fingerprint density at radius 2 is 1.52 bits per heavy atom. The summed E-state index contributed by atoms with van der Waals surface area (Å²) in [4.78, 5) is 0. The molecule has 0 heterocycles. The molecule has 0 amide bonds. The maximum Gasteiger partial charge on any atom is 0.134 e. The largest absolute Gasteiger partial charge is 0.206 e. The van der Waals surface area contributed by atoms with E-state index in [1.54, 1.807) is 24.3 Å². The first-order chi connectivity index (χ1) is 11.1. The molecule has 1 fully saturated rings. The third-order valence-corrected chi connectivity index (χ3v) is 6.45. The van der Waals surface area contributed by atoms with Crippen molar-refractivity contribution in [3.05, 3.63) is 59.2 Å². The molecule has 2 aromatic carbocycles. The van der Waals surface area contributed by atoms with Crippen LogP contribution in [-0.4, -0.2) is 10.2 Å². The zero-order chi connectivity index (χ0) is 16.4. The van der Waals surface area contributed by atoms with Gasteiger partial charge in [0.15, 0.2) is 0 Å². The number of benzene rings is 2. The van der Waals surface area contributed by atoms with E-state index in [0.717, 1.165) is 29.9 Å². The van der Waals surface area contributed by atoms with Gasteiger partial charge in [0.25, 0.3) is 0 Å². The van der Waals surface area contributed by atoms with Crippen LogP contribution >= 0.6 is 0 Å². The first-order valence-electron chi connectivity index (χ1n) is 8.64. The molecule has 0 nitrogen and oxygen atoms in total. The lowest BCUT2D eigenvalue weighted by atomic mass is 9.79. The summed E-state index contributed by atoms with van der Waals surface area (Å²) in [7, 11) is 1.25. The number of halogens is 2. The van der Waals surface area contributed by atoms with Crippen molar-refractivity contribution in [3.63, 3.8) is 0 Å². The van der Waals surface area contributed by atoms with Gasteiger partial charge in [0.1, 0.15) is 11.6 Å².